The lowest BCUT2D eigenvalue weighted by molar-refractivity contribution is -0.706. The van der Waals surface area contributed by atoms with Gasteiger partial charge >= 0.3 is 0 Å². The molecule has 0 amide bonds. The van der Waals surface area contributed by atoms with Crippen molar-refractivity contribution in [2.24, 2.45) is 0 Å². The second kappa shape index (κ2) is 5.73. The molecule has 1 aromatic rings. The summed E-state index contributed by atoms with van der Waals surface area (Å²) >= 11 is 0. The highest BCUT2D eigenvalue weighted by molar-refractivity contribution is 5.12. The van der Waals surface area contributed by atoms with Gasteiger partial charge in [-0.2, -0.15) is 0 Å². The predicted octanol–water partition coefficient (Wildman–Crippen LogP) is 0.521. The van der Waals surface area contributed by atoms with Crippen LogP contribution in [-0.4, -0.2) is 17.8 Å². The molecule has 0 radical (unpaired) electrons. The predicted molar refractivity (Wildman–Crippen MR) is 53.2 cm³/mol. The molecule has 1 aromatic carbocycles. The van der Waals surface area contributed by atoms with Crippen LogP contribution in [0, 0.1) is 0 Å². The summed E-state index contributed by atoms with van der Waals surface area (Å²) in [5.74, 6) is 0. The smallest absolute Gasteiger partial charge is 0.109 e. The minimum atomic E-state index is 0.267. The van der Waals surface area contributed by atoms with E-state index in [2.05, 4.69) is 24.4 Å². The van der Waals surface area contributed by atoms with Crippen molar-refractivity contribution in [3.63, 3.8) is 0 Å². The van der Waals surface area contributed by atoms with Crippen molar-refractivity contribution >= 4 is 0 Å². The second-order valence-corrected chi connectivity index (χ2v) is 3.28. The minimum absolute atomic E-state index is 0.267. The van der Waals surface area contributed by atoms with Crippen molar-refractivity contribution in [1.82, 2.24) is 0 Å². The highest BCUT2D eigenvalue weighted by Crippen LogP contribution is 1.95. The van der Waals surface area contributed by atoms with Crippen LogP contribution in [0.25, 0.3) is 0 Å². The summed E-state index contributed by atoms with van der Waals surface area (Å²) in [5, 5.41) is 11.2. The fourth-order valence-corrected chi connectivity index (χ4v) is 1.29. The summed E-state index contributed by atoms with van der Waals surface area (Å²) < 4.78 is 0. The highest BCUT2D eigenvalue weighted by atomic mass is 16.3. The summed E-state index contributed by atoms with van der Waals surface area (Å²) in [7, 11) is 0. The molecule has 13 heavy (non-hydrogen) atoms. The average Bonchev–Trinajstić information content (AvgIpc) is 2.21. The van der Waals surface area contributed by atoms with Gasteiger partial charge in [-0.05, 0) is 6.42 Å². The van der Waals surface area contributed by atoms with Gasteiger partial charge in [-0.15, -0.1) is 0 Å². The van der Waals surface area contributed by atoms with Gasteiger partial charge in [0, 0.05) is 5.56 Å². The van der Waals surface area contributed by atoms with Crippen LogP contribution in [-0.2, 0) is 6.54 Å². The van der Waals surface area contributed by atoms with Gasteiger partial charge in [0.25, 0.3) is 0 Å². The van der Waals surface area contributed by atoms with E-state index in [0.29, 0.717) is 6.04 Å². The Morgan fingerprint density at radius 1 is 1.31 bits per heavy atom. The Hall–Kier alpha value is -0.860. The first-order chi connectivity index (χ1) is 6.36. The van der Waals surface area contributed by atoms with Gasteiger partial charge in [-0.3, -0.25) is 0 Å². The molecule has 0 saturated carbocycles. The first-order valence-corrected chi connectivity index (χ1v) is 4.85. The maximum absolute atomic E-state index is 8.97. The van der Waals surface area contributed by atoms with Gasteiger partial charge in [0.15, 0.2) is 0 Å². The van der Waals surface area contributed by atoms with Gasteiger partial charge in [-0.1, -0.05) is 37.3 Å². The lowest BCUT2D eigenvalue weighted by Gasteiger charge is -2.10. The number of nitrogens with two attached hydrogens (primary N) is 1. The molecule has 0 spiro atoms. The van der Waals surface area contributed by atoms with E-state index in [9.17, 15) is 0 Å². The third-order valence-electron chi connectivity index (χ3n) is 2.29. The van der Waals surface area contributed by atoms with Gasteiger partial charge < -0.3 is 10.4 Å². The topological polar surface area (TPSA) is 36.8 Å². The fourth-order valence-electron chi connectivity index (χ4n) is 1.29. The molecule has 0 aliphatic rings. The number of rotatable bonds is 5. The lowest BCUT2D eigenvalue weighted by atomic mass is 10.2. The van der Waals surface area contributed by atoms with Crippen LogP contribution in [0.3, 0.4) is 0 Å². The molecular weight excluding hydrogens is 162 g/mol. The number of benzene rings is 1. The molecular formula is C11H18NO+. The zero-order valence-corrected chi connectivity index (χ0v) is 8.11. The Morgan fingerprint density at radius 2 is 2.00 bits per heavy atom. The molecule has 0 aliphatic carbocycles. The molecule has 0 unspecified atom stereocenters. The number of hydrogen-bond donors (Lipinski definition) is 2. The normalized spacial score (nSPS) is 12.8. The van der Waals surface area contributed by atoms with E-state index in [1.807, 2.05) is 18.2 Å². The first-order valence-electron chi connectivity index (χ1n) is 4.85. The van der Waals surface area contributed by atoms with Crippen LogP contribution in [0.15, 0.2) is 30.3 Å². The Bertz CT molecular complexity index is 219. The molecule has 0 aromatic heterocycles. The first kappa shape index (κ1) is 10.2. The molecule has 2 nitrogen and oxygen atoms in total. The molecule has 0 aliphatic heterocycles. The van der Waals surface area contributed by atoms with Crippen molar-refractivity contribution in [1.29, 1.82) is 0 Å². The average molecular weight is 180 g/mol. The van der Waals surface area contributed by atoms with Crippen molar-refractivity contribution in [3.05, 3.63) is 35.9 Å². The Balaban J connectivity index is 2.34. The molecule has 0 bridgehead atoms. The molecule has 1 rings (SSSR count). The summed E-state index contributed by atoms with van der Waals surface area (Å²) in [6.45, 7) is 3.33. The highest BCUT2D eigenvalue weighted by Gasteiger charge is 2.06. The monoisotopic (exact) mass is 180 g/mol. The maximum atomic E-state index is 8.97. The van der Waals surface area contributed by atoms with Crippen molar-refractivity contribution in [2.75, 3.05) is 6.61 Å². The van der Waals surface area contributed by atoms with E-state index in [4.69, 9.17) is 5.11 Å². The van der Waals surface area contributed by atoms with Crippen LogP contribution in [0.5, 0.6) is 0 Å². The van der Waals surface area contributed by atoms with Gasteiger partial charge in [0.1, 0.15) is 12.6 Å². The van der Waals surface area contributed by atoms with Crippen molar-refractivity contribution < 1.29 is 10.4 Å². The molecule has 0 saturated heterocycles. The Labute approximate surface area is 79.6 Å². The number of hydrogen-bond acceptors (Lipinski definition) is 1. The van der Waals surface area contributed by atoms with Crippen LogP contribution in [0.4, 0.5) is 0 Å². The summed E-state index contributed by atoms with van der Waals surface area (Å²) in [6.07, 6.45) is 1.02. The molecule has 3 N–H and O–H groups in total. The Kier molecular flexibility index (Phi) is 4.50. The van der Waals surface area contributed by atoms with E-state index < -0.39 is 0 Å². The third kappa shape index (κ3) is 3.57. The molecule has 0 fully saturated rings. The van der Waals surface area contributed by atoms with Gasteiger partial charge in [0.05, 0.1) is 6.61 Å². The van der Waals surface area contributed by atoms with Crippen LogP contribution < -0.4 is 5.32 Å². The second-order valence-electron chi connectivity index (χ2n) is 3.28. The van der Waals surface area contributed by atoms with E-state index in [0.717, 1.165) is 13.0 Å². The third-order valence-corrected chi connectivity index (χ3v) is 2.29. The quantitative estimate of drug-likeness (QED) is 0.681. The number of aliphatic hydroxyl groups excluding tert-OH is 1. The summed E-state index contributed by atoms with van der Waals surface area (Å²) in [5.41, 5.74) is 1.31. The molecule has 0 heterocycles. The summed E-state index contributed by atoms with van der Waals surface area (Å²) in [6, 6.07) is 10.7. The number of quaternary nitrogens is 1. The van der Waals surface area contributed by atoms with E-state index in [-0.39, 0.29) is 6.61 Å². The largest absolute Gasteiger partial charge is 0.390 e. The van der Waals surface area contributed by atoms with Crippen LogP contribution in [0.2, 0.25) is 0 Å². The maximum Gasteiger partial charge on any atom is 0.109 e. The minimum Gasteiger partial charge on any atom is -0.390 e. The van der Waals surface area contributed by atoms with Crippen molar-refractivity contribution in [3.8, 4) is 0 Å². The zero-order valence-electron chi connectivity index (χ0n) is 8.11. The van der Waals surface area contributed by atoms with Gasteiger partial charge in [-0.25, -0.2) is 0 Å². The SMILES string of the molecule is CC[C@@H](CO)[NH2+]Cc1ccccc1. The summed E-state index contributed by atoms with van der Waals surface area (Å²) in [4.78, 5) is 0. The fraction of sp³-hybridized carbons (Fsp3) is 0.455. The van der Waals surface area contributed by atoms with Crippen LogP contribution >= 0.6 is 0 Å². The molecule has 2 heteroatoms. The molecule has 1 atom stereocenters. The van der Waals surface area contributed by atoms with Crippen molar-refractivity contribution in [2.45, 2.75) is 25.9 Å². The van der Waals surface area contributed by atoms with Gasteiger partial charge in [0.2, 0.25) is 0 Å². The molecule has 72 valence electrons. The van der Waals surface area contributed by atoms with E-state index >= 15 is 0 Å². The van der Waals surface area contributed by atoms with Crippen LogP contribution in [0.1, 0.15) is 18.9 Å². The Morgan fingerprint density at radius 3 is 2.54 bits per heavy atom. The lowest BCUT2D eigenvalue weighted by Crippen LogP contribution is -2.89. The number of aliphatic hydroxyl groups is 1. The van der Waals surface area contributed by atoms with E-state index in [1.165, 1.54) is 5.56 Å². The van der Waals surface area contributed by atoms with E-state index in [1.54, 1.807) is 0 Å². The standard InChI is InChI=1S/C11H17NO/c1-2-11(9-13)12-8-10-6-4-3-5-7-10/h3-7,11-13H,2,8-9H2,1H3/p+1/t11-/m0/s1. The zero-order chi connectivity index (χ0) is 9.52.